The van der Waals surface area contributed by atoms with Crippen LogP contribution in [0.3, 0.4) is 0 Å². The van der Waals surface area contributed by atoms with Gasteiger partial charge in [-0.05, 0) is 29.8 Å². The van der Waals surface area contributed by atoms with E-state index in [0.717, 1.165) is 5.56 Å². The van der Waals surface area contributed by atoms with Crippen molar-refractivity contribution in [2.24, 2.45) is 0 Å². The molecule has 2 aromatic rings. The third-order valence-corrected chi connectivity index (χ3v) is 2.80. The van der Waals surface area contributed by atoms with Gasteiger partial charge in [0.05, 0.1) is 18.3 Å². The van der Waals surface area contributed by atoms with Gasteiger partial charge < -0.3 is 10.6 Å². The van der Waals surface area contributed by atoms with Crippen LogP contribution >= 0.6 is 0 Å². The fourth-order valence-corrected chi connectivity index (χ4v) is 1.64. The predicted molar refractivity (Wildman–Crippen MR) is 72.2 cm³/mol. The maximum atomic E-state index is 12.8. The second kappa shape index (κ2) is 5.48. The Bertz CT molecular complexity index is 566. The summed E-state index contributed by atoms with van der Waals surface area (Å²) >= 11 is 0. The van der Waals surface area contributed by atoms with Gasteiger partial charge in [-0.15, -0.1) is 0 Å². The summed E-state index contributed by atoms with van der Waals surface area (Å²) in [5.74, 6) is -0.00592. The molecular formula is C14H14FN3O. The minimum atomic E-state index is -0.313. The summed E-state index contributed by atoms with van der Waals surface area (Å²) in [6, 6.07) is 9.24. The number of likely N-dealkylation sites (N-methyl/N-ethyl adjacent to an activating group) is 1. The normalized spacial score (nSPS) is 10.2. The average molecular weight is 259 g/mol. The van der Waals surface area contributed by atoms with E-state index in [0.29, 0.717) is 11.5 Å². The lowest BCUT2D eigenvalue weighted by Gasteiger charge is -2.17. The quantitative estimate of drug-likeness (QED) is 0.917. The number of hydrogen-bond acceptors (Lipinski definition) is 3. The number of amides is 1. The van der Waals surface area contributed by atoms with Gasteiger partial charge in [-0.1, -0.05) is 12.1 Å². The van der Waals surface area contributed by atoms with Gasteiger partial charge in [0, 0.05) is 7.05 Å². The summed E-state index contributed by atoms with van der Waals surface area (Å²) in [6.45, 7) is 0. The van der Waals surface area contributed by atoms with Crippen molar-refractivity contribution in [1.29, 1.82) is 0 Å². The highest BCUT2D eigenvalue weighted by atomic mass is 19.1. The van der Waals surface area contributed by atoms with E-state index in [1.54, 1.807) is 31.3 Å². The van der Waals surface area contributed by atoms with Crippen molar-refractivity contribution in [1.82, 2.24) is 4.98 Å². The first-order valence-corrected chi connectivity index (χ1v) is 5.79. The van der Waals surface area contributed by atoms with Gasteiger partial charge in [-0.3, -0.25) is 4.79 Å². The zero-order valence-electron chi connectivity index (χ0n) is 10.5. The molecule has 0 spiro atoms. The first-order chi connectivity index (χ1) is 9.06. The highest BCUT2D eigenvalue weighted by molar-refractivity contribution is 5.94. The topological polar surface area (TPSA) is 59.2 Å². The fraction of sp³-hybridized carbons (Fsp3) is 0.143. The number of nitrogen functional groups attached to an aromatic ring is 1. The maximum Gasteiger partial charge on any atom is 0.231 e. The maximum absolute atomic E-state index is 12.8. The smallest absolute Gasteiger partial charge is 0.231 e. The monoisotopic (exact) mass is 259 g/mol. The number of anilines is 2. The molecule has 0 aliphatic rings. The van der Waals surface area contributed by atoms with E-state index in [2.05, 4.69) is 4.98 Å². The van der Waals surface area contributed by atoms with Crippen molar-refractivity contribution in [3.8, 4) is 0 Å². The molecular weight excluding hydrogens is 245 g/mol. The van der Waals surface area contributed by atoms with Crippen molar-refractivity contribution in [3.05, 3.63) is 54.0 Å². The number of rotatable bonds is 3. The molecule has 19 heavy (non-hydrogen) atoms. The summed E-state index contributed by atoms with van der Waals surface area (Å²) in [5.41, 5.74) is 6.92. The average Bonchev–Trinajstić information content (AvgIpc) is 2.41. The van der Waals surface area contributed by atoms with Crippen LogP contribution in [-0.4, -0.2) is 17.9 Å². The lowest BCUT2D eigenvalue weighted by atomic mass is 10.1. The number of pyridine rings is 1. The molecule has 5 heteroatoms. The van der Waals surface area contributed by atoms with E-state index >= 15 is 0 Å². The third-order valence-electron chi connectivity index (χ3n) is 2.80. The molecule has 0 fully saturated rings. The Morgan fingerprint density at radius 3 is 2.53 bits per heavy atom. The number of aromatic nitrogens is 1. The molecule has 0 bridgehead atoms. The standard InChI is InChI=1S/C14H14FN3O/c1-18(12-6-7-13(16)17-9-12)14(19)8-10-2-4-11(15)5-3-10/h2-7,9H,8H2,1H3,(H2,16,17). The number of hydrogen-bond donors (Lipinski definition) is 1. The zero-order valence-corrected chi connectivity index (χ0v) is 10.5. The van der Waals surface area contributed by atoms with Crippen LogP contribution in [0.15, 0.2) is 42.6 Å². The van der Waals surface area contributed by atoms with Crippen LogP contribution in [0.25, 0.3) is 0 Å². The molecule has 98 valence electrons. The Labute approximate surface area is 110 Å². The van der Waals surface area contributed by atoms with Crippen LogP contribution in [0.2, 0.25) is 0 Å². The van der Waals surface area contributed by atoms with Gasteiger partial charge in [-0.25, -0.2) is 9.37 Å². The Hall–Kier alpha value is -2.43. The summed E-state index contributed by atoms with van der Waals surface area (Å²) in [6.07, 6.45) is 1.75. The molecule has 4 nitrogen and oxygen atoms in total. The van der Waals surface area contributed by atoms with Crippen LogP contribution in [0.1, 0.15) is 5.56 Å². The molecule has 0 unspecified atom stereocenters. The molecule has 0 saturated heterocycles. The number of carbonyl (C=O) groups excluding carboxylic acids is 1. The molecule has 0 aliphatic carbocycles. The predicted octanol–water partition coefficient (Wildman–Crippen LogP) is 2.01. The van der Waals surface area contributed by atoms with Crippen LogP contribution in [0, 0.1) is 5.82 Å². The fourth-order valence-electron chi connectivity index (χ4n) is 1.64. The lowest BCUT2D eigenvalue weighted by Crippen LogP contribution is -2.27. The summed E-state index contributed by atoms with van der Waals surface area (Å²) in [7, 11) is 1.67. The Balaban J connectivity index is 2.07. The summed E-state index contributed by atoms with van der Waals surface area (Å²) < 4.78 is 12.8. The highest BCUT2D eigenvalue weighted by Crippen LogP contribution is 2.14. The minimum absolute atomic E-state index is 0.0989. The molecule has 0 radical (unpaired) electrons. The van der Waals surface area contributed by atoms with E-state index in [9.17, 15) is 9.18 Å². The number of nitrogens with two attached hydrogens (primary N) is 1. The zero-order chi connectivity index (χ0) is 13.8. The Morgan fingerprint density at radius 2 is 1.95 bits per heavy atom. The van der Waals surface area contributed by atoms with Crippen LogP contribution in [0.5, 0.6) is 0 Å². The van der Waals surface area contributed by atoms with Crippen molar-refractivity contribution < 1.29 is 9.18 Å². The summed E-state index contributed by atoms with van der Waals surface area (Å²) in [5, 5.41) is 0. The largest absolute Gasteiger partial charge is 0.384 e. The van der Waals surface area contributed by atoms with Crippen molar-refractivity contribution in [2.75, 3.05) is 17.7 Å². The number of carbonyl (C=O) groups is 1. The van der Waals surface area contributed by atoms with Crippen LogP contribution in [-0.2, 0) is 11.2 Å². The van der Waals surface area contributed by atoms with Gasteiger partial charge >= 0.3 is 0 Å². The second-order valence-electron chi connectivity index (χ2n) is 4.20. The van der Waals surface area contributed by atoms with Gasteiger partial charge in [0.2, 0.25) is 5.91 Å². The molecule has 1 heterocycles. The van der Waals surface area contributed by atoms with Gasteiger partial charge in [-0.2, -0.15) is 0 Å². The van der Waals surface area contributed by atoms with Gasteiger partial charge in [0.15, 0.2) is 0 Å². The van der Waals surface area contributed by atoms with Crippen LogP contribution < -0.4 is 10.6 Å². The van der Waals surface area contributed by atoms with Gasteiger partial charge in [0.1, 0.15) is 11.6 Å². The molecule has 1 aromatic heterocycles. The molecule has 0 atom stereocenters. The van der Waals surface area contributed by atoms with E-state index in [1.165, 1.54) is 23.2 Å². The molecule has 1 aromatic carbocycles. The van der Waals surface area contributed by atoms with Gasteiger partial charge in [0.25, 0.3) is 0 Å². The van der Waals surface area contributed by atoms with Crippen molar-refractivity contribution in [2.45, 2.75) is 6.42 Å². The second-order valence-corrected chi connectivity index (χ2v) is 4.20. The third kappa shape index (κ3) is 3.28. The minimum Gasteiger partial charge on any atom is -0.384 e. The number of halogens is 1. The van der Waals surface area contributed by atoms with E-state index in [1.807, 2.05) is 0 Å². The SMILES string of the molecule is CN(C(=O)Cc1ccc(F)cc1)c1ccc(N)nc1. The Morgan fingerprint density at radius 1 is 1.26 bits per heavy atom. The Kier molecular flexibility index (Phi) is 3.75. The van der Waals surface area contributed by atoms with E-state index < -0.39 is 0 Å². The van der Waals surface area contributed by atoms with E-state index in [4.69, 9.17) is 5.73 Å². The number of nitrogens with zero attached hydrogens (tertiary/aromatic N) is 2. The molecule has 2 N–H and O–H groups in total. The van der Waals surface area contributed by atoms with Crippen molar-refractivity contribution in [3.63, 3.8) is 0 Å². The lowest BCUT2D eigenvalue weighted by molar-refractivity contribution is -0.117. The number of benzene rings is 1. The molecule has 0 aliphatic heterocycles. The van der Waals surface area contributed by atoms with E-state index in [-0.39, 0.29) is 18.1 Å². The van der Waals surface area contributed by atoms with Crippen molar-refractivity contribution >= 4 is 17.4 Å². The highest BCUT2D eigenvalue weighted by Gasteiger charge is 2.11. The molecule has 2 rings (SSSR count). The van der Waals surface area contributed by atoms with Crippen LogP contribution in [0.4, 0.5) is 15.9 Å². The molecule has 0 saturated carbocycles. The first-order valence-electron chi connectivity index (χ1n) is 5.79. The molecule has 1 amide bonds. The summed E-state index contributed by atoms with van der Waals surface area (Å²) in [4.78, 5) is 17.5. The first kappa shape index (κ1) is 13.0.